The van der Waals surface area contributed by atoms with Gasteiger partial charge in [0.1, 0.15) is 11.5 Å². The van der Waals surface area contributed by atoms with Crippen molar-refractivity contribution in [3.05, 3.63) is 39.4 Å². The fraction of sp³-hybridized carbons (Fsp3) is 0.444. The van der Waals surface area contributed by atoms with Gasteiger partial charge in [0.25, 0.3) is 5.56 Å². The number of aromatic nitrogens is 2. The van der Waals surface area contributed by atoms with Crippen LogP contribution >= 0.6 is 12.2 Å². The van der Waals surface area contributed by atoms with Crippen molar-refractivity contribution in [2.45, 2.75) is 6.54 Å². The number of morpholine rings is 1. The zero-order chi connectivity index (χ0) is 18.5. The Kier molecular flexibility index (Phi) is 6.08. The van der Waals surface area contributed by atoms with Crippen molar-refractivity contribution >= 4 is 12.2 Å². The first-order valence-corrected chi connectivity index (χ1v) is 8.90. The zero-order valence-electron chi connectivity index (χ0n) is 15.0. The quantitative estimate of drug-likeness (QED) is 0.776. The van der Waals surface area contributed by atoms with Gasteiger partial charge in [-0.25, -0.2) is 0 Å². The number of nitrogens with one attached hydrogen (secondary N) is 1. The van der Waals surface area contributed by atoms with Crippen LogP contribution in [0, 0.1) is 4.77 Å². The summed E-state index contributed by atoms with van der Waals surface area (Å²) in [6.45, 7) is 4.79. The van der Waals surface area contributed by atoms with Crippen LogP contribution in [0.3, 0.4) is 0 Å². The second kappa shape index (κ2) is 8.48. The monoisotopic (exact) mass is 377 g/mol. The highest BCUT2D eigenvalue weighted by atomic mass is 32.1. The van der Waals surface area contributed by atoms with Gasteiger partial charge in [-0.05, 0) is 24.4 Å². The van der Waals surface area contributed by atoms with Gasteiger partial charge in [0.15, 0.2) is 4.77 Å². The number of methoxy groups -OCH3 is 2. The molecule has 0 atom stereocenters. The highest BCUT2D eigenvalue weighted by Gasteiger charge is 2.15. The van der Waals surface area contributed by atoms with Crippen molar-refractivity contribution in [2.24, 2.45) is 0 Å². The first kappa shape index (κ1) is 18.6. The van der Waals surface area contributed by atoms with Crippen molar-refractivity contribution in [2.75, 3.05) is 47.1 Å². The van der Waals surface area contributed by atoms with Crippen molar-refractivity contribution in [1.82, 2.24) is 14.5 Å². The number of hydrogen-bond acceptors (Lipinski definition) is 6. The number of ether oxygens (including phenoxy) is 3. The molecular formula is C18H23N3O4S. The average molecular weight is 377 g/mol. The summed E-state index contributed by atoms with van der Waals surface area (Å²) in [5.41, 5.74) is 1.30. The van der Waals surface area contributed by atoms with E-state index >= 15 is 0 Å². The smallest absolute Gasteiger partial charge is 0.252 e. The second-order valence-corrected chi connectivity index (χ2v) is 6.38. The molecule has 0 unspecified atom stereocenters. The highest BCUT2D eigenvalue weighted by molar-refractivity contribution is 7.71. The molecule has 0 aliphatic carbocycles. The lowest BCUT2D eigenvalue weighted by Crippen LogP contribution is -2.38. The van der Waals surface area contributed by atoms with Gasteiger partial charge in [0.2, 0.25) is 0 Å². The van der Waals surface area contributed by atoms with Crippen LogP contribution in [-0.4, -0.2) is 61.5 Å². The number of aromatic amines is 1. The maximum absolute atomic E-state index is 12.0. The molecule has 140 valence electrons. The Morgan fingerprint density at radius 1 is 1.15 bits per heavy atom. The van der Waals surface area contributed by atoms with E-state index in [1.807, 2.05) is 16.7 Å². The van der Waals surface area contributed by atoms with E-state index in [4.69, 9.17) is 26.4 Å². The normalized spacial score (nSPS) is 15.0. The fourth-order valence-electron chi connectivity index (χ4n) is 3.04. The van der Waals surface area contributed by atoms with E-state index in [-0.39, 0.29) is 5.56 Å². The molecule has 1 aromatic carbocycles. The summed E-state index contributed by atoms with van der Waals surface area (Å²) in [5, 5.41) is 0. The van der Waals surface area contributed by atoms with Crippen molar-refractivity contribution < 1.29 is 14.2 Å². The largest absolute Gasteiger partial charge is 0.497 e. The first-order valence-electron chi connectivity index (χ1n) is 8.49. The predicted molar refractivity (Wildman–Crippen MR) is 102 cm³/mol. The lowest BCUT2D eigenvalue weighted by atomic mass is 10.1. The van der Waals surface area contributed by atoms with Gasteiger partial charge in [-0.1, -0.05) is 0 Å². The Balaban J connectivity index is 1.98. The van der Waals surface area contributed by atoms with Crippen LogP contribution in [-0.2, 0) is 11.3 Å². The predicted octanol–water partition coefficient (Wildman–Crippen LogP) is 1.92. The van der Waals surface area contributed by atoms with Crippen LogP contribution in [0.4, 0.5) is 0 Å². The third-order valence-corrected chi connectivity index (χ3v) is 4.78. The molecule has 1 aliphatic rings. The highest BCUT2D eigenvalue weighted by Crippen LogP contribution is 2.32. The van der Waals surface area contributed by atoms with Crippen LogP contribution in [0.25, 0.3) is 11.3 Å². The number of nitrogens with zero attached hydrogens (tertiary/aromatic N) is 2. The minimum absolute atomic E-state index is 0.231. The zero-order valence-corrected chi connectivity index (χ0v) is 15.8. The molecule has 0 bridgehead atoms. The Labute approximate surface area is 157 Å². The number of hydrogen-bond donors (Lipinski definition) is 1. The molecule has 1 aliphatic heterocycles. The van der Waals surface area contributed by atoms with E-state index in [0.717, 1.165) is 44.1 Å². The molecule has 1 saturated heterocycles. The van der Waals surface area contributed by atoms with Gasteiger partial charge in [0.05, 0.1) is 33.1 Å². The Hall–Kier alpha value is -2.16. The summed E-state index contributed by atoms with van der Waals surface area (Å²) in [6.07, 6.45) is 0. The summed E-state index contributed by atoms with van der Waals surface area (Å²) in [4.78, 5) is 17.1. The fourth-order valence-corrected chi connectivity index (χ4v) is 3.33. The molecule has 1 N–H and O–H groups in total. The standard InChI is InChI=1S/C18H23N3O4S/c1-23-13-3-4-14(16(11-13)24-2)15-12-17(22)19-18(26)21(15)6-5-20-7-9-25-10-8-20/h3-4,11-12H,5-10H2,1-2H3,(H,19,22,26). The van der Waals surface area contributed by atoms with Gasteiger partial charge in [-0.15, -0.1) is 0 Å². The second-order valence-electron chi connectivity index (χ2n) is 6.00. The van der Waals surface area contributed by atoms with Gasteiger partial charge >= 0.3 is 0 Å². The minimum atomic E-state index is -0.231. The third-order valence-electron chi connectivity index (χ3n) is 4.46. The van der Waals surface area contributed by atoms with E-state index in [2.05, 4.69) is 9.88 Å². The molecule has 8 heteroatoms. The maximum atomic E-state index is 12.0. The summed E-state index contributed by atoms with van der Waals surface area (Å²) in [6, 6.07) is 7.08. The number of rotatable bonds is 6. The summed E-state index contributed by atoms with van der Waals surface area (Å²) in [7, 11) is 3.20. The minimum Gasteiger partial charge on any atom is -0.497 e. The molecule has 3 rings (SSSR count). The average Bonchev–Trinajstić information content (AvgIpc) is 2.67. The molecule has 1 aromatic heterocycles. The van der Waals surface area contributed by atoms with Gasteiger partial charge < -0.3 is 18.8 Å². The lowest BCUT2D eigenvalue weighted by Gasteiger charge is -2.27. The number of H-pyrrole nitrogens is 1. The topological polar surface area (TPSA) is 68.7 Å². The molecule has 0 amide bonds. The van der Waals surface area contributed by atoms with Crippen LogP contribution in [0.1, 0.15) is 0 Å². The van der Waals surface area contributed by atoms with Gasteiger partial charge in [-0.2, -0.15) is 0 Å². The van der Waals surface area contributed by atoms with E-state index in [0.29, 0.717) is 22.8 Å². The maximum Gasteiger partial charge on any atom is 0.252 e. The van der Waals surface area contributed by atoms with Crippen molar-refractivity contribution in [3.8, 4) is 22.8 Å². The molecule has 0 spiro atoms. The van der Waals surface area contributed by atoms with E-state index < -0.39 is 0 Å². The van der Waals surface area contributed by atoms with Gasteiger partial charge in [-0.3, -0.25) is 14.7 Å². The van der Waals surface area contributed by atoms with E-state index in [1.165, 1.54) is 0 Å². The molecule has 0 saturated carbocycles. The molecule has 2 heterocycles. The van der Waals surface area contributed by atoms with Crippen molar-refractivity contribution in [1.29, 1.82) is 0 Å². The summed E-state index contributed by atoms with van der Waals surface area (Å²) < 4.78 is 18.5. The Bertz CT molecular complexity index is 871. The Morgan fingerprint density at radius 3 is 2.62 bits per heavy atom. The van der Waals surface area contributed by atoms with Crippen LogP contribution in [0.15, 0.2) is 29.1 Å². The molecular weight excluding hydrogens is 354 g/mol. The van der Waals surface area contributed by atoms with Gasteiger partial charge in [0, 0.05) is 43.9 Å². The van der Waals surface area contributed by atoms with Crippen LogP contribution in [0.2, 0.25) is 0 Å². The third kappa shape index (κ3) is 4.14. The number of benzene rings is 1. The van der Waals surface area contributed by atoms with Crippen LogP contribution in [0.5, 0.6) is 11.5 Å². The lowest BCUT2D eigenvalue weighted by molar-refractivity contribution is 0.0363. The summed E-state index contributed by atoms with van der Waals surface area (Å²) >= 11 is 5.42. The molecule has 7 nitrogen and oxygen atoms in total. The van der Waals surface area contributed by atoms with Crippen molar-refractivity contribution in [3.63, 3.8) is 0 Å². The molecule has 2 aromatic rings. The van der Waals surface area contributed by atoms with E-state index in [9.17, 15) is 4.79 Å². The summed E-state index contributed by atoms with van der Waals surface area (Å²) in [5.74, 6) is 1.32. The first-order chi connectivity index (χ1) is 12.6. The van der Waals surface area contributed by atoms with E-state index in [1.54, 1.807) is 26.4 Å². The Morgan fingerprint density at radius 2 is 1.92 bits per heavy atom. The molecule has 0 radical (unpaired) electrons. The molecule has 26 heavy (non-hydrogen) atoms. The van der Waals surface area contributed by atoms with Crippen LogP contribution < -0.4 is 15.0 Å². The molecule has 1 fully saturated rings. The SMILES string of the molecule is COc1ccc(-c2cc(=O)[nH]c(=S)n2CCN2CCOCC2)c(OC)c1.